The largest absolute Gasteiger partial charge is 0.394 e. The number of urea groups is 1. The summed E-state index contributed by atoms with van der Waals surface area (Å²) in [5.41, 5.74) is 1.22. The van der Waals surface area contributed by atoms with Gasteiger partial charge in [0, 0.05) is 6.20 Å². The first-order chi connectivity index (χ1) is 7.17. The Labute approximate surface area is 90.7 Å². The second kappa shape index (κ2) is 5.75. The first kappa shape index (κ1) is 12.0. The fourth-order valence-electron chi connectivity index (χ4n) is 1.34. The van der Waals surface area contributed by atoms with Crippen LogP contribution in [0, 0.1) is 5.92 Å². The number of carbonyl (C=O) groups is 1. The van der Waals surface area contributed by atoms with Gasteiger partial charge in [-0.15, -0.1) is 0 Å². The molecule has 1 aliphatic carbocycles. The molecule has 4 nitrogen and oxygen atoms in total. The van der Waals surface area contributed by atoms with Gasteiger partial charge in [0.2, 0.25) is 0 Å². The van der Waals surface area contributed by atoms with Crippen LogP contribution in [0.15, 0.2) is 11.8 Å². The lowest BCUT2D eigenvalue weighted by Crippen LogP contribution is -2.41. The molecule has 4 heteroatoms. The molecule has 2 amide bonds. The van der Waals surface area contributed by atoms with Crippen LogP contribution < -0.4 is 10.6 Å². The Kier molecular flexibility index (Phi) is 4.62. The molecule has 0 bridgehead atoms. The second-order valence-corrected chi connectivity index (χ2v) is 4.07. The molecule has 0 spiro atoms. The summed E-state index contributed by atoms with van der Waals surface area (Å²) in [6, 6.07) is -0.393. The normalized spacial score (nSPS) is 18.5. The van der Waals surface area contributed by atoms with Crippen LogP contribution in [0.25, 0.3) is 0 Å². The number of aliphatic hydroxyl groups is 1. The highest BCUT2D eigenvalue weighted by Crippen LogP contribution is 2.35. The topological polar surface area (TPSA) is 61.4 Å². The van der Waals surface area contributed by atoms with Gasteiger partial charge >= 0.3 is 6.03 Å². The van der Waals surface area contributed by atoms with Crippen molar-refractivity contribution in [2.75, 3.05) is 6.61 Å². The standard InChI is InChI=1S/C11H20N2O2/c1-3-10(7-14)13-11(15)12-6-8(2)9-4-5-9/h6,9-10,14H,3-5,7H2,1-2H3,(H2,12,13,15)/b8-6+. The molecule has 1 unspecified atom stereocenters. The van der Waals surface area contributed by atoms with E-state index in [0.29, 0.717) is 5.92 Å². The SMILES string of the molecule is CCC(CO)NC(=O)N/C=C(\C)C1CC1. The number of hydrogen-bond donors (Lipinski definition) is 3. The molecule has 0 aromatic heterocycles. The molecule has 15 heavy (non-hydrogen) atoms. The lowest BCUT2D eigenvalue weighted by molar-refractivity contribution is 0.217. The number of rotatable bonds is 5. The van der Waals surface area contributed by atoms with Crippen molar-refractivity contribution >= 4 is 6.03 Å². The predicted molar refractivity (Wildman–Crippen MR) is 59.3 cm³/mol. The molecule has 0 aliphatic heterocycles. The number of carbonyl (C=O) groups excluding carboxylic acids is 1. The molecular formula is C11H20N2O2. The number of hydrogen-bond acceptors (Lipinski definition) is 2. The lowest BCUT2D eigenvalue weighted by atomic mass is 10.2. The van der Waals surface area contributed by atoms with E-state index in [9.17, 15) is 4.79 Å². The molecule has 1 aliphatic rings. The van der Waals surface area contributed by atoms with Gasteiger partial charge < -0.3 is 15.7 Å². The van der Waals surface area contributed by atoms with Crippen molar-refractivity contribution in [2.24, 2.45) is 5.92 Å². The summed E-state index contributed by atoms with van der Waals surface area (Å²) in [6.07, 6.45) is 4.96. The zero-order valence-electron chi connectivity index (χ0n) is 9.42. The van der Waals surface area contributed by atoms with E-state index in [1.807, 2.05) is 13.8 Å². The molecule has 0 aromatic rings. The molecule has 0 heterocycles. The lowest BCUT2D eigenvalue weighted by Gasteiger charge is -2.13. The fourth-order valence-corrected chi connectivity index (χ4v) is 1.34. The van der Waals surface area contributed by atoms with Crippen LogP contribution in [0.3, 0.4) is 0 Å². The van der Waals surface area contributed by atoms with Gasteiger partial charge in [0.15, 0.2) is 0 Å². The first-order valence-electron chi connectivity index (χ1n) is 5.52. The minimum atomic E-state index is -0.240. The molecule has 86 valence electrons. The summed E-state index contributed by atoms with van der Waals surface area (Å²) in [7, 11) is 0. The van der Waals surface area contributed by atoms with Crippen molar-refractivity contribution in [1.82, 2.24) is 10.6 Å². The molecule has 0 aromatic carbocycles. The molecule has 0 radical (unpaired) electrons. The molecule has 0 saturated heterocycles. The van der Waals surface area contributed by atoms with Gasteiger partial charge in [-0.1, -0.05) is 12.5 Å². The van der Waals surface area contributed by atoms with Gasteiger partial charge in [-0.25, -0.2) is 4.79 Å². The third kappa shape index (κ3) is 4.34. The summed E-state index contributed by atoms with van der Waals surface area (Å²) in [6.45, 7) is 3.93. The Morgan fingerprint density at radius 2 is 2.27 bits per heavy atom. The van der Waals surface area contributed by atoms with Crippen molar-refractivity contribution in [2.45, 2.75) is 39.2 Å². The zero-order valence-corrected chi connectivity index (χ0v) is 9.42. The number of aliphatic hydroxyl groups excluding tert-OH is 1. The van der Waals surface area contributed by atoms with Gasteiger partial charge in [0.05, 0.1) is 12.6 Å². The second-order valence-electron chi connectivity index (χ2n) is 4.07. The minimum absolute atomic E-state index is 0.0186. The Hall–Kier alpha value is -1.03. The van der Waals surface area contributed by atoms with Crippen LogP contribution in [0.4, 0.5) is 4.79 Å². The highest BCUT2D eigenvalue weighted by atomic mass is 16.3. The van der Waals surface area contributed by atoms with E-state index in [0.717, 1.165) is 6.42 Å². The van der Waals surface area contributed by atoms with Crippen LogP contribution in [-0.2, 0) is 0 Å². The summed E-state index contributed by atoms with van der Waals surface area (Å²) >= 11 is 0. The average Bonchev–Trinajstić information content (AvgIpc) is 3.06. The van der Waals surface area contributed by atoms with E-state index in [4.69, 9.17) is 5.11 Å². The third-order valence-electron chi connectivity index (χ3n) is 2.70. The highest BCUT2D eigenvalue weighted by Gasteiger charge is 2.22. The number of allylic oxidation sites excluding steroid dienone is 1. The van der Waals surface area contributed by atoms with Gasteiger partial charge in [-0.2, -0.15) is 0 Å². The van der Waals surface area contributed by atoms with Gasteiger partial charge in [-0.05, 0) is 32.1 Å². The summed E-state index contributed by atoms with van der Waals surface area (Å²) < 4.78 is 0. The van der Waals surface area contributed by atoms with E-state index >= 15 is 0 Å². The average molecular weight is 212 g/mol. The van der Waals surface area contributed by atoms with Crippen LogP contribution in [0.2, 0.25) is 0 Å². The molecule has 1 saturated carbocycles. The van der Waals surface area contributed by atoms with Crippen molar-refractivity contribution in [3.05, 3.63) is 11.8 Å². The first-order valence-corrected chi connectivity index (χ1v) is 5.52. The van der Waals surface area contributed by atoms with Gasteiger partial charge in [-0.3, -0.25) is 0 Å². The maximum absolute atomic E-state index is 11.3. The van der Waals surface area contributed by atoms with E-state index in [1.165, 1.54) is 18.4 Å². The van der Waals surface area contributed by atoms with E-state index < -0.39 is 0 Å². The van der Waals surface area contributed by atoms with Crippen molar-refractivity contribution in [3.63, 3.8) is 0 Å². The van der Waals surface area contributed by atoms with Crippen LogP contribution in [0.5, 0.6) is 0 Å². The van der Waals surface area contributed by atoms with E-state index in [-0.39, 0.29) is 18.7 Å². The molecule has 1 atom stereocenters. The summed E-state index contributed by atoms with van der Waals surface area (Å²) in [5.74, 6) is 0.671. The van der Waals surface area contributed by atoms with Crippen LogP contribution >= 0.6 is 0 Å². The monoisotopic (exact) mass is 212 g/mol. The quantitative estimate of drug-likeness (QED) is 0.644. The Morgan fingerprint density at radius 1 is 1.60 bits per heavy atom. The number of nitrogens with one attached hydrogen (secondary N) is 2. The van der Waals surface area contributed by atoms with Gasteiger partial charge in [0.25, 0.3) is 0 Å². The zero-order chi connectivity index (χ0) is 11.3. The Balaban J connectivity index is 2.25. The molecule has 1 fully saturated rings. The third-order valence-corrected chi connectivity index (χ3v) is 2.70. The maximum atomic E-state index is 11.3. The summed E-state index contributed by atoms with van der Waals surface area (Å²) in [5, 5.41) is 14.3. The van der Waals surface area contributed by atoms with E-state index in [2.05, 4.69) is 10.6 Å². The van der Waals surface area contributed by atoms with Crippen LogP contribution in [0.1, 0.15) is 33.1 Å². The highest BCUT2D eigenvalue weighted by molar-refractivity contribution is 5.75. The molecule has 3 N–H and O–H groups in total. The summed E-state index contributed by atoms with van der Waals surface area (Å²) in [4.78, 5) is 11.3. The predicted octanol–water partition coefficient (Wildman–Crippen LogP) is 1.37. The smallest absolute Gasteiger partial charge is 0.319 e. The van der Waals surface area contributed by atoms with Crippen molar-refractivity contribution in [3.8, 4) is 0 Å². The van der Waals surface area contributed by atoms with Gasteiger partial charge in [0.1, 0.15) is 0 Å². The molecular weight excluding hydrogens is 192 g/mol. The Bertz CT molecular complexity index is 243. The van der Waals surface area contributed by atoms with E-state index in [1.54, 1.807) is 6.20 Å². The maximum Gasteiger partial charge on any atom is 0.319 e. The molecule has 1 rings (SSSR count). The Morgan fingerprint density at radius 3 is 2.73 bits per heavy atom. The van der Waals surface area contributed by atoms with Crippen molar-refractivity contribution in [1.29, 1.82) is 0 Å². The number of amides is 2. The van der Waals surface area contributed by atoms with Crippen molar-refractivity contribution < 1.29 is 9.90 Å². The fraction of sp³-hybridized carbons (Fsp3) is 0.727. The van der Waals surface area contributed by atoms with Crippen LogP contribution in [-0.4, -0.2) is 23.8 Å². The minimum Gasteiger partial charge on any atom is -0.394 e.